The number of pyridine rings is 1. The molecule has 2 aromatic rings. The molecule has 6 nitrogen and oxygen atoms in total. The van der Waals surface area contributed by atoms with Gasteiger partial charge >= 0.3 is 0 Å². The number of nitrogens with zero attached hydrogens (tertiary/aromatic N) is 4. The van der Waals surface area contributed by atoms with Crippen molar-refractivity contribution in [2.75, 3.05) is 7.05 Å². The smallest absolute Gasteiger partial charge is 0.246 e. The van der Waals surface area contributed by atoms with Gasteiger partial charge in [0.2, 0.25) is 10.0 Å². The molecule has 0 radical (unpaired) electrons. The van der Waals surface area contributed by atoms with Crippen LogP contribution in [-0.2, 0) is 23.6 Å². The van der Waals surface area contributed by atoms with Crippen molar-refractivity contribution in [3.8, 4) is 0 Å². The molecule has 2 rings (SSSR count). The quantitative estimate of drug-likeness (QED) is 0.763. The van der Waals surface area contributed by atoms with E-state index in [2.05, 4.69) is 26.0 Å². The molecule has 20 heavy (non-hydrogen) atoms. The van der Waals surface area contributed by atoms with Gasteiger partial charge in [0.25, 0.3) is 0 Å². The van der Waals surface area contributed by atoms with Crippen LogP contribution in [0.25, 0.3) is 0 Å². The Morgan fingerprint density at radius 1 is 1.45 bits per heavy atom. The molecule has 0 aliphatic rings. The zero-order chi connectivity index (χ0) is 14.9. The maximum absolute atomic E-state index is 12.5. The summed E-state index contributed by atoms with van der Waals surface area (Å²) in [4.78, 5) is 3.81. The Bertz CT molecular complexity index is 732. The van der Waals surface area contributed by atoms with Crippen LogP contribution in [0.1, 0.15) is 5.56 Å². The summed E-state index contributed by atoms with van der Waals surface area (Å²) in [6.07, 6.45) is 4.82. The van der Waals surface area contributed by atoms with E-state index in [-0.39, 0.29) is 16.6 Å². The van der Waals surface area contributed by atoms with Gasteiger partial charge in [-0.1, -0.05) is 11.6 Å². The van der Waals surface area contributed by atoms with E-state index in [0.717, 1.165) is 5.56 Å². The number of halogens is 2. The number of hydrogen-bond acceptors (Lipinski definition) is 4. The predicted molar refractivity (Wildman–Crippen MR) is 78.8 cm³/mol. The van der Waals surface area contributed by atoms with E-state index in [0.29, 0.717) is 4.47 Å². The summed E-state index contributed by atoms with van der Waals surface area (Å²) in [6, 6.07) is 1.43. The fraction of sp³-hybridized carbons (Fsp3) is 0.273. The number of aryl methyl sites for hydroxylation is 1. The van der Waals surface area contributed by atoms with Crippen LogP contribution in [0.15, 0.2) is 34.0 Å². The van der Waals surface area contributed by atoms with E-state index in [9.17, 15) is 8.42 Å². The van der Waals surface area contributed by atoms with Crippen LogP contribution in [0.2, 0.25) is 5.15 Å². The lowest BCUT2D eigenvalue weighted by atomic mass is 10.4. The molecule has 2 heterocycles. The molecular weight excluding hydrogens is 368 g/mol. The van der Waals surface area contributed by atoms with Gasteiger partial charge in [0.1, 0.15) is 10.0 Å². The third kappa shape index (κ3) is 3.20. The van der Waals surface area contributed by atoms with Crippen molar-refractivity contribution in [1.82, 2.24) is 19.1 Å². The van der Waals surface area contributed by atoms with Crippen molar-refractivity contribution in [1.29, 1.82) is 0 Å². The Morgan fingerprint density at radius 3 is 2.75 bits per heavy atom. The van der Waals surface area contributed by atoms with Crippen LogP contribution >= 0.6 is 27.5 Å². The Hall–Kier alpha value is -0.960. The fourth-order valence-corrected chi connectivity index (χ4v) is 3.72. The van der Waals surface area contributed by atoms with Crippen molar-refractivity contribution in [2.24, 2.45) is 7.05 Å². The first kappa shape index (κ1) is 15.4. The van der Waals surface area contributed by atoms with Gasteiger partial charge in [-0.2, -0.15) is 9.40 Å². The second-order valence-corrected chi connectivity index (χ2v) is 7.51. The Morgan fingerprint density at radius 2 is 2.15 bits per heavy atom. The lowest BCUT2D eigenvalue weighted by Crippen LogP contribution is -2.26. The SMILES string of the molecule is CN(Cc1cnn(C)c1)S(=O)(=O)c1cc(Br)cnc1Cl. The zero-order valence-corrected chi connectivity index (χ0v) is 13.9. The van der Waals surface area contributed by atoms with Crippen LogP contribution in [0.5, 0.6) is 0 Å². The van der Waals surface area contributed by atoms with E-state index in [1.54, 1.807) is 24.1 Å². The molecule has 2 aromatic heterocycles. The van der Waals surface area contributed by atoms with Crippen LogP contribution in [-0.4, -0.2) is 34.5 Å². The topological polar surface area (TPSA) is 68.1 Å². The number of hydrogen-bond donors (Lipinski definition) is 0. The third-order valence-corrected chi connectivity index (χ3v) is 5.29. The molecule has 0 fully saturated rings. The molecule has 0 aliphatic heterocycles. The van der Waals surface area contributed by atoms with Gasteiger partial charge in [0, 0.05) is 43.1 Å². The Labute approximate surface area is 130 Å². The highest BCUT2D eigenvalue weighted by molar-refractivity contribution is 9.10. The molecule has 0 amide bonds. The van der Waals surface area contributed by atoms with E-state index in [1.165, 1.54) is 23.6 Å². The highest BCUT2D eigenvalue weighted by atomic mass is 79.9. The van der Waals surface area contributed by atoms with E-state index in [4.69, 9.17) is 11.6 Å². The molecule has 0 aromatic carbocycles. The van der Waals surface area contributed by atoms with E-state index >= 15 is 0 Å². The number of aromatic nitrogens is 3. The Balaban J connectivity index is 2.32. The average molecular weight is 380 g/mol. The highest BCUT2D eigenvalue weighted by Crippen LogP contribution is 2.25. The number of rotatable bonds is 4. The van der Waals surface area contributed by atoms with Crippen LogP contribution in [0.3, 0.4) is 0 Å². The summed E-state index contributed by atoms with van der Waals surface area (Å²) in [5.41, 5.74) is 0.789. The van der Waals surface area contributed by atoms with Gasteiger partial charge in [-0.15, -0.1) is 0 Å². The molecule has 108 valence electrons. The summed E-state index contributed by atoms with van der Waals surface area (Å²) in [6.45, 7) is 0.207. The maximum Gasteiger partial charge on any atom is 0.246 e. The van der Waals surface area contributed by atoms with Crippen LogP contribution < -0.4 is 0 Å². The number of sulfonamides is 1. The first-order valence-electron chi connectivity index (χ1n) is 5.55. The largest absolute Gasteiger partial charge is 0.275 e. The molecule has 0 aliphatic carbocycles. The minimum absolute atomic E-state index is 0.0278. The van der Waals surface area contributed by atoms with Crippen molar-refractivity contribution in [3.05, 3.63) is 39.8 Å². The minimum atomic E-state index is -3.71. The molecule has 0 bridgehead atoms. The van der Waals surface area contributed by atoms with Crippen molar-refractivity contribution >= 4 is 37.6 Å². The summed E-state index contributed by atoms with van der Waals surface area (Å²) in [5, 5.41) is 3.96. The molecule has 0 saturated heterocycles. The average Bonchev–Trinajstić information content (AvgIpc) is 2.77. The summed E-state index contributed by atoms with van der Waals surface area (Å²) >= 11 is 9.07. The van der Waals surface area contributed by atoms with Crippen molar-refractivity contribution < 1.29 is 8.42 Å². The first-order valence-corrected chi connectivity index (χ1v) is 8.16. The van der Waals surface area contributed by atoms with Gasteiger partial charge in [-0.05, 0) is 22.0 Å². The fourth-order valence-electron chi connectivity index (χ4n) is 1.65. The lowest BCUT2D eigenvalue weighted by molar-refractivity contribution is 0.466. The summed E-state index contributed by atoms with van der Waals surface area (Å²) in [5.74, 6) is 0. The molecule has 0 spiro atoms. The molecular formula is C11H12BrClN4O2S. The van der Waals surface area contributed by atoms with Crippen LogP contribution in [0.4, 0.5) is 0 Å². The standard InChI is InChI=1S/C11H12BrClN4O2S/c1-16-6-8(4-15-16)7-17(2)20(18,19)10-3-9(12)5-14-11(10)13/h3-6H,7H2,1-2H3. The molecule has 0 atom stereocenters. The van der Waals surface area contributed by atoms with Crippen molar-refractivity contribution in [2.45, 2.75) is 11.4 Å². The monoisotopic (exact) mass is 378 g/mol. The minimum Gasteiger partial charge on any atom is -0.275 e. The first-order chi connectivity index (χ1) is 9.30. The van der Waals surface area contributed by atoms with Crippen molar-refractivity contribution in [3.63, 3.8) is 0 Å². The van der Waals surface area contributed by atoms with E-state index in [1.807, 2.05) is 0 Å². The van der Waals surface area contributed by atoms with Gasteiger partial charge in [-0.25, -0.2) is 13.4 Å². The predicted octanol–water partition coefficient (Wildman–Crippen LogP) is 2.05. The third-order valence-electron chi connectivity index (χ3n) is 2.63. The molecule has 0 N–H and O–H groups in total. The normalized spacial score (nSPS) is 12.1. The second-order valence-electron chi connectivity index (χ2n) is 4.23. The van der Waals surface area contributed by atoms with Gasteiger partial charge < -0.3 is 0 Å². The van der Waals surface area contributed by atoms with Gasteiger partial charge in [0.15, 0.2) is 0 Å². The maximum atomic E-state index is 12.5. The Kier molecular flexibility index (Phi) is 4.48. The molecule has 9 heteroatoms. The molecule has 0 unspecified atom stereocenters. The van der Waals surface area contributed by atoms with Gasteiger partial charge in [-0.3, -0.25) is 4.68 Å². The zero-order valence-electron chi connectivity index (χ0n) is 10.8. The van der Waals surface area contributed by atoms with E-state index < -0.39 is 10.0 Å². The lowest BCUT2D eigenvalue weighted by Gasteiger charge is -2.17. The highest BCUT2D eigenvalue weighted by Gasteiger charge is 2.25. The van der Waals surface area contributed by atoms with Gasteiger partial charge in [0.05, 0.1) is 6.20 Å². The summed E-state index contributed by atoms with van der Waals surface area (Å²) in [7, 11) is -0.453. The van der Waals surface area contributed by atoms with Crippen LogP contribution in [0, 0.1) is 0 Å². The second kappa shape index (κ2) is 5.80. The summed E-state index contributed by atoms with van der Waals surface area (Å²) < 4.78 is 28.3. The molecule has 0 saturated carbocycles.